The van der Waals surface area contributed by atoms with Crippen LogP contribution in [0.3, 0.4) is 0 Å². The molecular formula is C9H11F6N3. The third-order valence-electron chi connectivity index (χ3n) is 2.40. The molecule has 0 spiro atoms. The van der Waals surface area contributed by atoms with E-state index >= 15 is 0 Å². The van der Waals surface area contributed by atoms with Gasteiger partial charge in [-0.25, -0.2) is 0 Å². The maximum atomic E-state index is 12.7. The highest BCUT2D eigenvalue weighted by atomic mass is 19.4. The number of aromatic nitrogens is 2. The smallest absolute Gasteiger partial charge is 0.326 e. The van der Waals surface area contributed by atoms with E-state index in [-0.39, 0.29) is 11.1 Å². The lowest BCUT2D eigenvalue weighted by molar-refractivity contribution is -0.177. The quantitative estimate of drug-likeness (QED) is 0.862. The summed E-state index contributed by atoms with van der Waals surface area (Å²) in [6.07, 6.45) is -8.94. The molecule has 1 aromatic rings. The third kappa shape index (κ3) is 3.15. The summed E-state index contributed by atoms with van der Waals surface area (Å²) in [6, 6.07) is -3.13. The van der Waals surface area contributed by atoms with Gasteiger partial charge in [0.15, 0.2) is 11.7 Å². The fourth-order valence-corrected chi connectivity index (χ4v) is 1.46. The zero-order valence-corrected chi connectivity index (χ0v) is 9.26. The van der Waals surface area contributed by atoms with Crippen LogP contribution in [0.15, 0.2) is 12.3 Å². The Bertz CT molecular complexity index is 394. The summed E-state index contributed by atoms with van der Waals surface area (Å²) < 4.78 is 75.2. The number of rotatable bonds is 3. The first kappa shape index (κ1) is 14.8. The zero-order chi connectivity index (χ0) is 14.1. The Hall–Kier alpha value is -1.25. The Morgan fingerprint density at radius 3 is 2.17 bits per heavy atom. The molecule has 18 heavy (non-hydrogen) atoms. The van der Waals surface area contributed by atoms with Crippen LogP contribution in [0, 0.1) is 0 Å². The second-order valence-electron chi connectivity index (χ2n) is 3.74. The SMILES string of the molecule is CCC(N)C(n1ccc(C(F)(F)F)n1)C(F)(F)F. The summed E-state index contributed by atoms with van der Waals surface area (Å²) >= 11 is 0. The first-order valence-corrected chi connectivity index (χ1v) is 5.02. The van der Waals surface area contributed by atoms with Crippen LogP contribution in [0.5, 0.6) is 0 Å². The van der Waals surface area contributed by atoms with Gasteiger partial charge in [-0.05, 0) is 12.5 Å². The van der Waals surface area contributed by atoms with Crippen LogP contribution < -0.4 is 5.73 Å². The molecule has 104 valence electrons. The molecule has 1 aromatic heterocycles. The topological polar surface area (TPSA) is 43.8 Å². The van der Waals surface area contributed by atoms with Crippen molar-refractivity contribution in [2.45, 2.75) is 37.8 Å². The van der Waals surface area contributed by atoms with E-state index in [9.17, 15) is 26.3 Å². The van der Waals surface area contributed by atoms with Gasteiger partial charge in [-0.3, -0.25) is 4.68 Å². The van der Waals surface area contributed by atoms with Gasteiger partial charge in [0.2, 0.25) is 0 Å². The van der Waals surface area contributed by atoms with Crippen LogP contribution in [0.25, 0.3) is 0 Å². The van der Waals surface area contributed by atoms with E-state index in [4.69, 9.17) is 5.73 Å². The van der Waals surface area contributed by atoms with E-state index in [2.05, 4.69) is 5.10 Å². The van der Waals surface area contributed by atoms with Gasteiger partial charge < -0.3 is 5.73 Å². The van der Waals surface area contributed by atoms with E-state index in [1.165, 1.54) is 6.92 Å². The van der Waals surface area contributed by atoms with Crippen molar-refractivity contribution in [2.24, 2.45) is 5.73 Å². The normalized spacial score (nSPS) is 16.7. The number of nitrogens with two attached hydrogens (primary N) is 1. The molecule has 0 aliphatic heterocycles. The van der Waals surface area contributed by atoms with Crippen molar-refractivity contribution in [1.82, 2.24) is 9.78 Å². The van der Waals surface area contributed by atoms with E-state index in [0.29, 0.717) is 12.3 Å². The van der Waals surface area contributed by atoms with Gasteiger partial charge in [0.1, 0.15) is 0 Å². The third-order valence-corrected chi connectivity index (χ3v) is 2.40. The van der Waals surface area contributed by atoms with Gasteiger partial charge in [-0.1, -0.05) is 6.92 Å². The average molecular weight is 275 g/mol. The van der Waals surface area contributed by atoms with Crippen LogP contribution in [0.4, 0.5) is 26.3 Å². The Morgan fingerprint density at radius 1 is 1.28 bits per heavy atom. The number of hydrogen-bond donors (Lipinski definition) is 1. The van der Waals surface area contributed by atoms with Crippen LogP contribution in [-0.4, -0.2) is 22.0 Å². The van der Waals surface area contributed by atoms with Crippen molar-refractivity contribution in [3.8, 4) is 0 Å². The van der Waals surface area contributed by atoms with Gasteiger partial charge in [-0.15, -0.1) is 0 Å². The van der Waals surface area contributed by atoms with E-state index in [1.807, 2.05) is 0 Å². The van der Waals surface area contributed by atoms with Gasteiger partial charge in [-0.2, -0.15) is 31.4 Å². The van der Waals surface area contributed by atoms with Gasteiger partial charge in [0.25, 0.3) is 0 Å². The minimum Gasteiger partial charge on any atom is -0.326 e. The number of nitrogens with zero attached hydrogens (tertiary/aromatic N) is 2. The monoisotopic (exact) mass is 275 g/mol. The molecule has 0 saturated heterocycles. The molecule has 0 bridgehead atoms. The van der Waals surface area contributed by atoms with Crippen LogP contribution in [0.2, 0.25) is 0 Å². The van der Waals surface area contributed by atoms with Crippen molar-refractivity contribution >= 4 is 0 Å². The number of alkyl halides is 6. The molecule has 9 heteroatoms. The molecule has 2 unspecified atom stereocenters. The molecule has 3 nitrogen and oxygen atoms in total. The Morgan fingerprint density at radius 2 is 1.83 bits per heavy atom. The molecule has 2 N–H and O–H groups in total. The predicted octanol–water partition coefficient (Wildman–Crippen LogP) is 2.74. The van der Waals surface area contributed by atoms with E-state index in [0.717, 1.165) is 0 Å². The van der Waals surface area contributed by atoms with Crippen molar-refractivity contribution in [3.63, 3.8) is 0 Å². The number of hydrogen-bond acceptors (Lipinski definition) is 2. The largest absolute Gasteiger partial charge is 0.435 e. The van der Waals surface area contributed by atoms with Gasteiger partial charge in [0, 0.05) is 12.2 Å². The Kier molecular flexibility index (Phi) is 3.94. The summed E-state index contributed by atoms with van der Waals surface area (Å²) in [5, 5.41) is 2.91. The van der Waals surface area contributed by atoms with Crippen LogP contribution in [-0.2, 0) is 6.18 Å². The molecule has 0 amide bonds. The van der Waals surface area contributed by atoms with Crippen molar-refractivity contribution in [2.75, 3.05) is 0 Å². The Labute approximate surface area is 98.6 Å². The summed E-state index contributed by atoms with van der Waals surface area (Å²) in [5.41, 5.74) is 3.92. The zero-order valence-electron chi connectivity index (χ0n) is 9.26. The van der Waals surface area contributed by atoms with Crippen molar-refractivity contribution < 1.29 is 26.3 Å². The maximum absolute atomic E-state index is 12.7. The lowest BCUT2D eigenvalue weighted by atomic mass is 10.1. The molecule has 2 atom stereocenters. The van der Waals surface area contributed by atoms with Gasteiger partial charge in [0.05, 0.1) is 0 Å². The second kappa shape index (κ2) is 4.79. The highest BCUT2D eigenvalue weighted by Gasteiger charge is 2.46. The van der Waals surface area contributed by atoms with E-state index in [1.54, 1.807) is 0 Å². The molecule has 0 aromatic carbocycles. The molecule has 1 rings (SSSR count). The number of halogens is 6. The van der Waals surface area contributed by atoms with E-state index < -0.39 is 30.1 Å². The van der Waals surface area contributed by atoms with Crippen molar-refractivity contribution in [1.29, 1.82) is 0 Å². The highest BCUT2D eigenvalue weighted by molar-refractivity contribution is 5.05. The molecule has 1 heterocycles. The molecule has 0 fully saturated rings. The van der Waals surface area contributed by atoms with Crippen molar-refractivity contribution in [3.05, 3.63) is 18.0 Å². The minimum atomic E-state index is -4.78. The molecule has 0 aliphatic rings. The van der Waals surface area contributed by atoms with Crippen LogP contribution >= 0.6 is 0 Å². The lowest BCUT2D eigenvalue weighted by Crippen LogP contribution is -2.41. The minimum absolute atomic E-state index is 0.0363. The first-order chi connectivity index (χ1) is 8.07. The first-order valence-electron chi connectivity index (χ1n) is 5.02. The fourth-order valence-electron chi connectivity index (χ4n) is 1.46. The highest BCUT2D eigenvalue weighted by Crippen LogP contribution is 2.35. The summed E-state index contributed by atoms with van der Waals surface area (Å²) in [4.78, 5) is 0. The molecular weight excluding hydrogens is 264 g/mol. The summed E-state index contributed by atoms with van der Waals surface area (Å²) in [6.45, 7) is 1.41. The standard InChI is InChI=1S/C9H11F6N3/c1-2-5(16)7(9(13,14)15)18-4-3-6(17-18)8(10,11)12/h3-5,7H,2,16H2,1H3. The maximum Gasteiger partial charge on any atom is 0.435 e. The Balaban J connectivity index is 3.12. The lowest BCUT2D eigenvalue weighted by Gasteiger charge is -2.25. The second-order valence-corrected chi connectivity index (χ2v) is 3.74. The predicted molar refractivity (Wildman–Crippen MR) is 50.6 cm³/mol. The average Bonchev–Trinajstić information content (AvgIpc) is 2.63. The molecule has 0 saturated carbocycles. The van der Waals surface area contributed by atoms with Gasteiger partial charge >= 0.3 is 12.4 Å². The fraction of sp³-hybridized carbons (Fsp3) is 0.667. The van der Waals surface area contributed by atoms with Crippen LogP contribution in [0.1, 0.15) is 25.1 Å². The molecule has 0 aliphatic carbocycles. The molecule has 0 radical (unpaired) electrons. The summed E-state index contributed by atoms with van der Waals surface area (Å²) in [7, 11) is 0. The summed E-state index contributed by atoms with van der Waals surface area (Å²) in [5.74, 6) is 0.